The monoisotopic (exact) mass is 243 g/mol. The number of aromatic hydroxyl groups is 1. The van der Waals surface area contributed by atoms with Crippen molar-refractivity contribution in [3.63, 3.8) is 0 Å². The van der Waals surface area contributed by atoms with Crippen LogP contribution in [0.25, 0.3) is 0 Å². The summed E-state index contributed by atoms with van der Waals surface area (Å²) >= 11 is 0. The minimum absolute atomic E-state index is 0.278. The Labute approximate surface area is 101 Å². The van der Waals surface area contributed by atoms with Gasteiger partial charge in [-0.2, -0.15) is 0 Å². The molecule has 0 saturated heterocycles. The van der Waals surface area contributed by atoms with Crippen LogP contribution in [0, 0.1) is 17.6 Å². The van der Waals surface area contributed by atoms with Crippen molar-refractivity contribution >= 4 is 0 Å². The lowest BCUT2D eigenvalue weighted by Gasteiger charge is -2.20. The number of hydrogen-bond acceptors (Lipinski definition) is 2. The summed E-state index contributed by atoms with van der Waals surface area (Å²) < 4.78 is 26.1. The molecule has 0 radical (unpaired) electrons. The second-order valence-electron chi connectivity index (χ2n) is 4.46. The maximum absolute atomic E-state index is 13.1. The van der Waals surface area contributed by atoms with Gasteiger partial charge in [0, 0.05) is 12.6 Å². The van der Waals surface area contributed by atoms with Crippen molar-refractivity contribution in [1.82, 2.24) is 5.32 Å². The van der Waals surface area contributed by atoms with Gasteiger partial charge in [-0.3, -0.25) is 0 Å². The fourth-order valence-corrected chi connectivity index (χ4v) is 1.55. The highest BCUT2D eigenvalue weighted by atomic mass is 19.1. The molecule has 4 heteroatoms. The molecule has 0 aliphatic heterocycles. The largest absolute Gasteiger partial charge is 0.503 e. The molecule has 96 valence electrons. The molecule has 0 heterocycles. The Morgan fingerprint density at radius 1 is 1.24 bits per heavy atom. The van der Waals surface area contributed by atoms with E-state index in [0.717, 1.165) is 18.6 Å². The third kappa shape index (κ3) is 3.66. The van der Waals surface area contributed by atoms with Crippen LogP contribution in [0.5, 0.6) is 5.75 Å². The molecule has 2 nitrogen and oxygen atoms in total. The average Bonchev–Trinajstić information content (AvgIpc) is 2.31. The third-order valence-corrected chi connectivity index (χ3v) is 3.20. The van der Waals surface area contributed by atoms with Gasteiger partial charge in [-0.15, -0.1) is 0 Å². The number of phenolic OH excluding ortho intramolecular Hbond substituents is 1. The first-order valence-corrected chi connectivity index (χ1v) is 5.86. The summed E-state index contributed by atoms with van der Waals surface area (Å²) in [4.78, 5) is 0. The summed E-state index contributed by atoms with van der Waals surface area (Å²) in [5.74, 6) is -2.25. The normalized spacial score (nSPS) is 14.6. The quantitative estimate of drug-likeness (QED) is 0.832. The summed E-state index contributed by atoms with van der Waals surface area (Å²) in [5.41, 5.74) is 0.493. The lowest BCUT2D eigenvalue weighted by molar-refractivity contribution is 0.383. The topological polar surface area (TPSA) is 32.3 Å². The molecule has 0 bridgehead atoms. The Hall–Kier alpha value is -1.16. The van der Waals surface area contributed by atoms with Gasteiger partial charge in [0.25, 0.3) is 0 Å². The van der Waals surface area contributed by atoms with Crippen LogP contribution in [-0.4, -0.2) is 11.1 Å². The fourth-order valence-electron chi connectivity index (χ4n) is 1.55. The van der Waals surface area contributed by atoms with Crippen molar-refractivity contribution in [3.8, 4) is 5.75 Å². The van der Waals surface area contributed by atoms with Crippen LogP contribution >= 0.6 is 0 Å². The maximum Gasteiger partial charge on any atom is 0.187 e. The second-order valence-corrected chi connectivity index (χ2v) is 4.46. The molecule has 0 fully saturated rings. The van der Waals surface area contributed by atoms with Gasteiger partial charge >= 0.3 is 0 Å². The molecule has 0 aromatic heterocycles. The molecule has 0 amide bonds. The highest BCUT2D eigenvalue weighted by Gasteiger charge is 2.12. The van der Waals surface area contributed by atoms with Gasteiger partial charge in [0.2, 0.25) is 0 Å². The molecule has 1 aromatic rings. The van der Waals surface area contributed by atoms with Gasteiger partial charge in [0.05, 0.1) is 0 Å². The Morgan fingerprint density at radius 2 is 1.76 bits per heavy atom. The van der Waals surface area contributed by atoms with Gasteiger partial charge in [-0.25, -0.2) is 8.78 Å². The predicted octanol–water partition coefficient (Wildman–Crippen LogP) is 3.19. The zero-order chi connectivity index (χ0) is 13.0. The van der Waals surface area contributed by atoms with Crippen LogP contribution in [0.15, 0.2) is 12.1 Å². The first-order valence-electron chi connectivity index (χ1n) is 5.86. The zero-order valence-corrected chi connectivity index (χ0v) is 10.4. The van der Waals surface area contributed by atoms with E-state index in [4.69, 9.17) is 5.11 Å². The Morgan fingerprint density at radius 3 is 2.24 bits per heavy atom. The molecular weight excluding hydrogens is 224 g/mol. The minimum atomic E-state index is -0.919. The van der Waals surface area contributed by atoms with Gasteiger partial charge in [-0.05, 0) is 30.5 Å². The van der Waals surface area contributed by atoms with Crippen LogP contribution in [0.4, 0.5) is 8.78 Å². The molecule has 2 unspecified atom stereocenters. The van der Waals surface area contributed by atoms with Crippen molar-refractivity contribution in [1.29, 1.82) is 0 Å². The van der Waals surface area contributed by atoms with E-state index < -0.39 is 17.4 Å². The van der Waals surface area contributed by atoms with E-state index in [1.54, 1.807) is 0 Å². The number of phenols is 1. The van der Waals surface area contributed by atoms with Crippen molar-refractivity contribution in [3.05, 3.63) is 29.3 Å². The zero-order valence-electron chi connectivity index (χ0n) is 10.4. The Balaban J connectivity index is 2.64. The SMILES string of the molecule is CCC(C)C(C)NCc1cc(F)c(O)c(F)c1. The summed E-state index contributed by atoms with van der Waals surface area (Å²) in [6.45, 7) is 6.65. The molecule has 1 aromatic carbocycles. The first-order chi connectivity index (χ1) is 7.95. The predicted molar refractivity (Wildman–Crippen MR) is 63.8 cm³/mol. The van der Waals surface area contributed by atoms with Gasteiger partial charge < -0.3 is 10.4 Å². The number of benzene rings is 1. The van der Waals surface area contributed by atoms with E-state index >= 15 is 0 Å². The lowest BCUT2D eigenvalue weighted by Crippen LogP contribution is -2.31. The smallest absolute Gasteiger partial charge is 0.187 e. The number of rotatable bonds is 5. The first kappa shape index (κ1) is 13.9. The molecule has 2 N–H and O–H groups in total. The Kier molecular flexibility index (Phi) is 4.87. The molecule has 0 spiro atoms. The van der Waals surface area contributed by atoms with E-state index in [2.05, 4.69) is 19.2 Å². The van der Waals surface area contributed by atoms with E-state index in [0.29, 0.717) is 18.0 Å². The molecule has 17 heavy (non-hydrogen) atoms. The highest BCUT2D eigenvalue weighted by molar-refractivity contribution is 5.29. The lowest BCUT2D eigenvalue weighted by atomic mass is 10.0. The van der Waals surface area contributed by atoms with Crippen LogP contribution in [-0.2, 0) is 6.54 Å². The molecule has 0 aliphatic rings. The highest BCUT2D eigenvalue weighted by Crippen LogP contribution is 2.21. The van der Waals surface area contributed by atoms with E-state index in [1.165, 1.54) is 0 Å². The average molecular weight is 243 g/mol. The van der Waals surface area contributed by atoms with E-state index in [-0.39, 0.29) is 6.04 Å². The summed E-state index contributed by atoms with van der Waals surface area (Å²) in [6, 6.07) is 2.57. The molecule has 0 saturated carbocycles. The summed E-state index contributed by atoms with van der Waals surface area (Å²) in [7, 11) is 0. The van der Waals surface area contributed by atoms with Crippen LogP contribution < -0.4 is 5.32 Å². The molecule has 0 aliphatic carbocycles. The van der Waals surface area contributed by atoms with E-state index in [9.17, 15) is 8.78 Å². The molecular formula is C13H19F2NO. The van der Waals surface area contributed by atoms with Crippen molar-refractivity contribution in [2.24, 2.45) is 5.92 Å². The minimum Gasteiger partial charge on any atom is -0.503 e. The Bertz CT molecular complexity index is 359. The number of hydrogen-bond donors (Lipinski definition) is 2. The van der Waals surface area contributed by atoms with Crippen LogP contribution in [0.3, 0.4) is 0 Å². The summed E-state index contributed by atoms with van der Waals surface area (Å²) in [5, 5.41) is 12.2. The van der Waals surface area contributed by atoms with Gasteiger partial charge in [-0.1, -0.05) is 20.3 Å². The molecule has 1 rings (SSSR count). The van der Waals surface area contributed by atoms with Crippen molar-refractivity contribution in [2.75, 3.05) is 0 Å². The van der Waals surface area contributed by atoms with E-state index in [1.807, 2.05) is 6.92 Å². The van der Waals surface area contributed by atoms with Gasteiger partial charge in [0.1, 0.15) is 0 Å². The second kappa shape index (κ2) is 5.96. The van der Waals surface area contributed by atoms with Crippen LogP contribution in [0.1, 0.15) is 32.8 Å². The molecule has 2 atom stereocenters. The third-order valence-electron chi connectivity index (χ3n) is 3.20. The standard InChI is InChI=1S/C13H19F2NO/c1-4-8(2)9(3)16-7-10-5-11(14)13(17)12(15)6-10/h5-6,8-9,16-17H,4,7H2,1-3H3. The van der Waals surface area contributed by atoms with Crippen molar-refractivity contribution in [2.45, 2.75) is 39.8 Å². The van der Waals surface area contributed by atoms with Crippen LogP contribution in [0.2, 0.25) is 0 Å². The number of halogens is 2. The maximum atomic E-state index is 13.1. The van der Waals surface area contributed by atoms with Crippen molar-refractivity contribution < 1.29 is 13.9 Å². The summed E-state index contributed by atoms with van der Waals surface area (Å²) in [6.07, 6.45) is 1.05. The number of nitrogens with one attached hydrogen (secondary N) is 1. The fraction of sp³-hybridized carbons (Fsp3) is 0.538. The van der Waals surface area contributed by atoms with Gasteiger partial charge in [0.15, 0.2) is 17.4 Å².